The second-order valence-corrected chi connectivity index (χ2v) is 9.10. The van der Waals surface area contributed by atoms with Crippen molar-refractivity contribution in [3.63, 3.8) is 0 Å². The first-order chi connectivity index (χ1) is 16.6. The molecular formula is C30H23NO2S. The fourth-order valence-electron chi connectivity index (χ4n) is 3.97. The van der Waals surface area contributed by atoms with Crippen LogP contribution in [0, 0.1) is 0 Å². The zero-order chi connectivity index (χ0) is 23.5. The van der Waals surface area contributed by atoms with Gasteiger partial charge in [0.15, 0.2) is 5.78 Å². The van der Waals surface area contributed by atoms with Gasteiger partial charge >= 0.3 is 0 Å². The number of carbonyl (C=O) groups is 1. The highest BCUT2D eigenvalue weighted by molar-refractivity contribution is 7.99. The van der Waals surface area contributed by atoms with Gasteiger partial charge in [-0.1, -0.05) is 78.5 Å². The molecule has 1 N–H and O–H groups in total. The van der Waals surface area contributed by atoms with Crippen molar-refractivity contribution >= 4 is 46.4 Å². The van der Waals surface area contributed by atoms with E-state index in [9.17, 15) is 9.90 Å². The number of aliphatic hydroxyl groups excluding tert-OH is 1. The topological polar surface area (TPSA) is 40.5 Å². The molecule has 34 heavy (non-hydrogen) atoms. The van der Waals surface area contributed by atoms with Gasteiger partial charge in [0.25, 0.3) is 0 Å². The number of benzene rings is 4. The zero-order valence-corrected chi connectivity index (χ0v) is 19.5. The smallest absolute Gasteiger partial charge is 0.159 e. The molecule has 1 heterocycles. The highest BCUT2D eigenvalue weighted by atomic mass is 32.2. The van der Waals surface area contributed by atoms with E-state index in [1.54, 1.807) is 17.8 Å². The minimum atomic E-state index is -0.109. The van der Waals surface area contributed by atoms with Crippen molar-refractivity contribution in [1.29, 1.82) is 0 Å². The van der Waals surface area contributed by atoms with Gasteiger partial charge in [0, 0.05) is 26.6 Å². The number of carbonyl (C=O) groups excluding carboxylic acids is 1. The number of Topliss-reactive ketones (excluding diaryl/α,β-unsaturated/α-hetero) is 1. The van der Waals surface area contributed by atoms with Crippen LogP contribution < -0.4 is 4.90 Å². The average Bonchev–Trinajstić information content (AvgIpc) is 2.88. The Morgan fingerprint density at radius 3 is 1.91 bits per heavy atom. The van der Waals surface area contributed by atoms with Crippen LogP contribution in [0.5, 0.6) is 0 Å². The molecule has 166 valence electrons. The molecule has 0 atom stereocenters. The summed E-state index contributed by atoms with van der Waals surface area (Å²) < 4.78 is 0. The van der Waals surface area contributed by atoms with Gasteiger partial charge in [-0.3, -0.25) is 4.79 Å². The quantitative estimate of drug-likeness (QED) is 0.163. The van der Waals surface area contributed by atoms with Gasteiger partial charge in [0.2, 0.25) is 0 Å². The molecule has 0 amide bonds. The van der Waals surface area contributed by atoms with Crippen LogP contribution in [0.15, 0.2) is 125 Å². The maximum absolute atomic E-state index is 12.3. The first kappa shape index (κ1) is 21.8. The number of ketones is 1. The SMILES string of the molecule is CC(=O)C(/C=C(\O)c1ccccc1)=C/c1ccc(N2c3ccccc3Sc3ccccc32)cc1. The van der Waals surface area contributed by atoms with Gasteiger partial charge in [-0.2, -0.15) is 0 Å². The van der Waals surface area contributed by atoms with Gasteiger partial charge in [0.1, 0.15) is 5.76 Å². The predicted molar refractivity (Wildman–Crippen MR) is 141 cm³/mol. The fourth-order valence-corrected chi connectivity index (χ4v) is 5.02. The molecule has 4 aromatic rings. The van der Waals surface area contributed by atoms with Gasteiger partial charge in [-0.15, -0.1) is 0 Å². The lowest BCUT2D eigenvalue weighted by Gasteiger charge is -2.32. The second-order valence-electron chi connectivity index (χ2n) is 8.02. The first-order valence-corrected chi connectivity index (χ1v) is 11.9. The summed E-state index contributed by atoms with van der Waals surface area (Å²) in [6.45, 7) is 1.51. The van der Waals surface area contributed by atoms with Crippen LogP contribution >= 0.6 is 11.8 Å². The molecule has 5 rings (SSSR count). The molecule has 1 aliphatic heterocycles. The Bertz CT molecular complexity index is 1360. The van der Waals surface area contributed by atoms with E-state index in [1.807, 2.05) is 42.5 Å². The summed E-state index contributed by atoms with van der Waals surface area (Å²) >= 11 is 1.78. The van der Waals surface area contributed by atoms with Crippen molar-refractivity contribution in [3.8, 4) is 0 Å². The Morgan fingerprint density at radius 2 is 1.32 bits per heavy atom. The van der Waals surface area contributed by atoms with Crippen LogP contribution in [0.25, 0.3) is 11.8 Å². The van der Waals surface area contributed by atoms with Gasteiger partial charge in [-0.25, -0.2) is 0 Å². The summed E-state index contributed by atoms with van der Waals surface area (Å²) in [5.41, 5.74) is 5.34. The summed E-state index contributed by atoms with van der Waals surface area (Å²) in [7, 11) is 0. The molecule has 0 fully saturated rings. The van der Waals surface area contributed by atoms with E-state index in [0.717, 1.165) is 22.6 Å². The molecule has 0 saturated heterocycles. The minimum absolute atomic E-state index is 0.0673. The summed E-state index contributed by atoms with van der Waals surface area (Å²) in [4.78, 5) is 17.0. The van der Waals surface area contributed by atoms with Crippen molar-refractivity contribution < 1.29 is 9.90 Å². The highest BCUT2D eigenvalue weighted by Gasteiger charge is 2.23. The zero-order valence-electron chi connectivity index (χ0n) is 18.7. The summed E-state index contributed by atoms with van der Waals surface area (Å²) in [5, 5.41) is 10.5. The van der Waals surface area contributed by atoms with Crippen LogP contribution in [0.4, 0.5) is 17.1 Å². The number of fused-ring (bicyclic) bond motifs is 2. The molecule has 3 nitrogen and oxygen atoms in total. The number of anilines is 3. The van der Waals surface area contributed by atoms with Crippen LogP contribution in [0.3, 0.4) is 0 Å². The van der Waals surface area contributed by atoms with Crippen molar-refractivity contribution in [3.05, 3.63) is 126 Å². The van der Waals surface area contributed by atoms with Crippen LogP contribution in [0.1, 0.15) is 18.1 Å². The fraction of sp³-hybridized carbons (Fsp3) is 0.0333. The average molecular weight is 462 g/mol. The Hall–Kier alpha value is -4.02. The molecule has 4 aromatic carbocycles. The summed E-state index contributed by atoms with van der Waals surface area (Å²) in [6, 6.07) is 34.1. The van der Waals surface area contributed by atoms with E-state index in [4.69, 9.17) is 0 Å². The highest BCUT2D eigenvalue weighted by Crippen LogP contribution is 2.51. The van der Waals surface area contributed by atoms with Gasteiger partial charge in [-0.05, 0) is 61.0 Å². The Balaban J connectivity index is 1.50. The molecule has 0 aliphatic carbocycles. The van der Waals surface area contributed by atoms with E-state index in [2.05, 4.69) is 65.6 Å². The number of hydrogen-bond donors (Lipinski definition) is 1. The number of nitrogens with zero attached hydrogens (tertiary/aromatic N) is 1. The maximum Gasteiger partial charge on any atom is 0.159 e. The third kappa shape index (κ3) is 4.41. The molecule has 0 bridgehead atoms. The second kappa shape index (κ2) is 9.46. The normalized spacial score (nSPS) is 13.3. The minimum Gasteiger partial charge on any atom is -0.507 e. The Morgan fingerprint density at radius 1 is 0.765 bits per heavy atom. The van der Waals surface area contributed by atoms with E-state index in [-0.39, 0.29) is 11.5 Å². The van der Waals surface area contributed by atoms with Gasteiger partial charge < -0.3 is 10.0 Å². The molecule has 0 aromatic heterocycles. The number of allylic oxidation sites excluding steroid dienone is 2. The van der Waals surface area contributed by atoms with E-state index < -0.39 is 0 Å². The third-order valence-corrected chi connectivity index (χ3v) is 6.80. The van der Waals surface area contributed by atoms with Crippen LogP contribution in [-0.2, 0) is 4.79 Å². The monoisotopic (exact) mass is 461 g/mol. The van der Waals surface area contributed by atoms with Crippen LogP contribution in [0.2, 0.25) is 0 Å². The van der Waals surface area contributed by atoms with Crippen molar-refractivity contribution in [1.82, 2.24) is 0 Å². The van der Waals surface area contributed by atoms with Crippen molar-refractivity contribution in [2.75, 3.05) is 4.90 Å². The van der Waals surface area contributed by atoms with Crippen LogP contribution in [-0.4, -0.2) is 10.9 Å². The van der Waals surface area contributed by atoms with E-state index >= 15 is 0 Å². The lowest BCUT2D eigenvalue weighted by atomic mass is 10.0. The lowest BCUT2D eigenvalue weighted by Crippen LogP contribution is -2.14. The van der Waals surface area contributed by atoms with E-state index in [1.165, 1.54) is 22.8 Å². The molecule has 0 saturated carbocycles. The molecule has 0 spiro atoms. The van der Waals surface area contributed by atoms with Gasteiger partial charge in [0.05, 0.1) is 11.4 Å². The number of hydrogen-bond acceptors (Lipinski definition) is 4. The predicted octanol–water partition coefficient (Wildman–Crippen LogP) is 8.19. The van der Waals surface area contributed by atoms with E-state index in [0.29, 0.717) is 11.1 Å². The summed E-state index contributed by atoms with van der Waals surface area (Å²) in [5.74, 6) is -0.0415. The molecule has 1 aliphatic rings. The molecule has 0 unspecified atom stereocenters. The number of para-hydroxylation sites is 2. The molecule has 4 heteroatoms. The lowest BCUT2D eigenvalue weighted by molar-refractivity contribution is -0.113. The van der Waals surface area contributed by atoms with Crippen molar-refractivity contribution in [2.24, 2.45) is 0 Å². The largest absolute Gasteiger partial charge is 0.507 e. The molecular weight excluding hydrogens is 438 g/mol. The first-order valence-electron chi connectivity index (χ1n) is 11.0. The standard InChI is InChI=1S/C30H23NO2S/c1-21(32)24(20-28(33)23-9-3-2-4-10-23)19-22-15-17-25(18-16-22)31-26-11-5-7-13-29(26)34-30-14-8-6-12-27(30)31/h2-20,33H,1H3/b24-19+,28-20-. The molecule has 0 radical (unpaired) electrons. The summed E-state index contributed by atoms with van der Waals surface area (Å²) in [6.07, 6.45) is 3.33. The third-order valence-electron chi connectivity index (χ3n) is 5.67. The Kier molecular flexibility index (Phi) is 6.07. The Labute approximate surface area is 203 Å². The number of aliphatic hydroxyl groups is 1. The number of rotatable bonds is 5. The maximum atomic E-state index is 12.3. The van der Waals surface area contributed by atoms with Crippen molar-refractivity contribution in [2.45, 2.75) is 16.7 Å².